The monoisotopic (exact) mass is 529 g/mol. The van der Waals surface area contributed by atoms with Gasteiger partial charge >= 0.3 is 0 Å². The summed E-state index contributed by atoms with van der Waals surface area (Å²) in [4.78, 5) is 76.0. The third kappa shape index (κ3) is 4.15. The number of benzene rings is 3. The largest absolute Gasteiger partial charge is 0.269 e. The van der Waals surface area contributed by atoms with Gasteiger partial charge in [-0.15, -0.1) is 0 Å². The molecule has 0 atom stereocenters. The van der Waals surface area contributed by atoms with Gasteiger partial charge < -0.3 is 0 Å². The number of hydrogen-bond acceptors (Lipinski definition) is 6. The highest BCUT2D eigenvalue weighted by Gasteiger charge is 2.28. The summed E-state index contributed by atoms with van der Waals surface area (Å²) in [7, 11) is 0. The normalized spacial score (nSPS) is 16.6. The molecule has 40 heavy (non-hydrogen) atoms. The number of amides is 6. The minimum absolute atomic E-state index is 0.341. The molecule has 3 heterocycles. The maximum Gasteiger partial charge on any atom is 0.258 e. The molecule has 0 aliphatic carbocycles. The minimum atomic E-state index is -0.415. The molecule has 3 aromatic carbocycles. The summed E-state index contributed by atoms with van der Waals surface area (Å²) in [6.45, 7) is 0. The number of nitrogens with zero attached hydrogens (tertiary/aromatic N) is 3. The van der Waals surface area contributed by atoms with E-state index in [2.05, 4.69) is 0 Å². The lowest BCUT2D eigenvalue weighted by molar-refractivity contribution is -0.121. The lowest BCUT2D eigenvalue weighted by Gasteiger charge is -2.22. The predicted octanol–water partition coefficient (Wildman–Crippen LogP) is 3.16. The minimum Gasteiger partial charge on any atom is -0.269 e. The van der Waals surface area contributed by atoms with Gasteiger partial charge in [0, 0.05) is 42.4 Å². The van der Waals surface area contributed by atoms with Crippen molar-refractivity contribution in [3.8, 4) is 0 Å². The topological polar surface area (TPSA) is 112 Å². The lowest BCUT2D eigenvalue weighted by atomic mass is 9.85. The van der Waals surface area contributed by atoms with Crippen LogP contribution in [0.25, 0.3) is 0 Å². The number of hydrogen-bond donors (Lipinski definition) is 0. The van der Waals surface area contributed by atoms with Crippen LogP contribution in [0, 0.1) is 0 Å². The first kappa shape index (κ1) is 24.6. The Morgan fingerprint density at radius 2 is 0.525 bits per heavy atom. The van der Waals surface area contributed by atoms with Crippen molar-refractivity contribution in [2.24, 2.45) is 0 Å². The van der Waals surface area contributed by atoms with Crippen molar-refractivity contribution in [2.45, 2.75) is 5.92 Å². The Hall–Kier alpha value is -5.70. The van der Waals surface area contributed by atoms with Crippen molar-refractivity contribution >= 4 is 52.5 Å². The second-order valence-corrected chi connectivity index (χ2v) is 9.24. The van der Waals surface area contributed by atoms with Gasteiger partial charge in [-0.1, -0.05) is 36.4 Å². The van der Waals surface area contributed by atoms with Crippen molar-refractivity contribution in [3.63, 3.8) is 0 Å². The molecule has 0 saturated carbocycles. The van der Waals surface area contributed by atoms with Crippen molar-refractivity contribution in [1.29, 1.82) is 0 Å². The zero-order valence-electron chi connectivity index (χ0n) is 20.8. The van der Waals surface area contributed by atoms with Gasteiger partial charge in [-0.3, -0.25) is 28.8 Å². The highest BCUT2D eigenvalue weighted by molar-refractivity contribution is 6.29. The fraction of sp³-hybridized carbons (Fsp3) is 0.0323. The van der Waals surface area contributed by atoms with Crippen LogP contribution in [0.5, 0.6) is 0 Å². The molecule has 0 aromatic heterocycles. The molecule has 0 spiro atoms. The van der Waals surface area contributed by atoms with Crippen molar-refractivity contribution in [1.82, 2.24) is 0 Å². The van der Waals surface area contributed by atoms with Crippen molar-refractivity contribution in [3.05, 3.63) is 126 Å². The van der Waals surface area contributed by atoms with E-state index in [0.29, 0.717) is 17.1 Å². The third-order valence-corrected chi connectivity index (χ3v) is 6.88. The molecule has 0 fully saturated rings. The first-order valence-electron chi connectivity index (χ1n) is 12.3. The fourth-order valence-corrected chi connectivity index (χ4v) is 4.99. The Labute approximate surface area is 227 Å². The van der Waals surface area contributed by atoms with E-state index in [1.807, 2.05) is 36.4 Å². The maximum absolute atomic E-state index is 12.1. The quantitative estimate of drug-likeness (QED) is 0.358. The first-order chi connectivity index (χ1) is 19.3. The van der Waals surface area contributed by atoms with E-state index in [9.17, 15) is 28.8 Å². The molecule has 0 saturated heterocycles. The van der Waals surface area contributed by atoms with Crippen LogP contribution in [-0.2, 0) is 28.8 Å². The smallest absolute Gasteiger partial charge is 0.258 e. The molecule has 0 N–H and O–H groups in total. The number of imide groups is 3. The van der Waals surface area contributed by atoms with Gasteiger partial charge in [-0.25, -0.2) is 14.7 Å². The van der Waals surface area contributed by atoms with Gasteiger partial charge in [-0.05, 0) is 53.1 Å². The van der Waals surface area contributed by atoms with E-state index in [-0.39, 0.29) is 5.92 Å². The third-order valence-electron chi connectivity index (χ3n) is 6.88. The molecule has 6 rings (SSSR count). The van der Waals surface area contributed by atoms with E-state index < -0.39 is 35.4 Å². The van der Waals surface area contributed by atoms with Gasteiger partial charge in [-0.2, -0.15) is 0 Å². The Bertz CT molecular complexity index is 1440. The summed E-state index contributed by atoms with van der Waals surface area (Å²) in [6, 6.07) is 21.0. The van der Waals surface area contributed by atoms with Gasteiger partial charge in [0.05, 0.1) is 17.1 Å². The van der Waals surface area contributed by atoms with Crippen LogP contribution in [-0.4, -0.2) is 35.4 Å². The van der Waals surface area contributed by atoms with Crippen LogP contribution in [0.1, 0.15) is 22.6 Å². The van der Waals surface area contributed by atoms with Crippen LogP contribution in [0.15, 0.2) is 109 Å². The van der Waals surface area contributed by atoms with Crippen LogP contribution >= 0.6 is 0 Å². The van der Waals surface area contributed by atoms with Crippen molar-refractivity contribution < 1.29 is 28.8 Å². The Morgan fingerprint density at radius 1 is 0.325 bits per heavy atom. The van der Waals surface area contributed by atoms with E-state index in [1.54, 1.807) is 36.4 Å². The predicted molar refractivity (Wildman–Crippen MR) is 145 cm³/mol. The number of rotatable bonds is 6. The van der Waals surface area contributed by atoms with Gasteiger partial charge in [0.25, 0.3) is 35.4 Å². The second kappa shape index (κ2) is 9.55. The first-order valence-corrected chi connectivity index (χ1v) is 12.3. The molecular weight excluding hydrogens is 510 g/mol. The standard InChI is InChI=1S/C31H19N3O6/c35-25-13-14-26(36)32(25)22-7-1-19(2-8-22)31(20-3-9-23(10-4-20)33-27(37)15-16-28(33)38)21-5-11-24(12-6-21)34-29(39)17-18-30(34)40/h1-18,31H. The van der Waals surface area contributed by atoms with Crippen molar-refractivity contribution in [2.75, 3.05) is 14.7 Å². The molecule has 0 radical (unpaired) electrons. The number of carbonyl (C=O) groups excluding carboxylic acids is 6. The molecule has 6 amide bonds. The highest BCUT2D eigenvalue weighted by Crippen LogP contribution is 2.36. The maximum atomic E-state index is 12.1. The Balaban J connectivity index is 1.37. The molecular formula is C31H19N3O6. The second-order valence-electron chi connectivity index (χ2n) is 9.24. The SMILES string of the molecule is O=C1C=CC(=O)N1c1ccc(C(c2ccc(N3C(=O)C=CC3=O)cc2)c2ccc(N3C(=O)C=CC3=O)cc2)cc1. The van der Waals surface area contributed by atoms with E-state index in [1.165, 1.54) is 36.5 Å². The summed E-state index contributed by atoms with van der Waals surface area (Å²) in [5, 5.41) is 0. The zero-order chi connectivity index (χ0) is 28.0. The van der Waals surface area contributed by atoms with Gasteiger partial charge in [0.1, 0.15) is 0 Å². The highest BCUT2D eigenvalue weighted by atomic mass is 16.2. The van der Waals surface area contributed by atoms with E-state index >= 15 is 0 Å². The molecule has 9 nitrogen and oxygen atoms in total. The summed E-state index contributed by atoms with van der Waals surface area (Å²) in [6.07, 6.45) is 7.33. The van der Waals surface area contributed by atoms with E-state index in [0.717, 1.165) is 31.4 Å². The molecule has 0 unspecified atom stereocenters. The molecule has 3 aromatic rings. The Kier molecular flexibility index (Phi) is 5.88. The summed E-state index contributed by atoms with van der Waals surface area (Å²) in [5.74, 6) is -2.83. The molecule has 9 heteroatoms. The average molecular weight is 530 g/mol. The molecule has 194 valence electrons. The van der Waals surface area contributed by atoms with E-state index in [4.69, 9.17) is 0 Å². The van der Waals surface area contributed by atoms with Crippen LogP contribution in [0.3, 0.4) is 0 Å². The fourth-order valence-electron chi connectivity index (χ4n) is 4.99. The molecule has 3 aliphatic rings. The average Bonchev–Trinajstić information content (AvgIpc) is 3.60. The van der Waals surface area contributed by atoms with Gasteiger partial charge in [0.2, 0.25) is 0 Å². The van der Waals surface area contributed by atoms with Crippen LogP contribution in [0.2, 0.25) is 0 Å². The zero-order valence-corrected chi connectivity index (χ0v) is 20.8. The van der Waals surface area contributed by atoms with Crippen LogP contribution < -0.4 is 14.7 Å². The molecule has 3 aliphatic heterocycles. The van der Waals surface area contributed by atoms with Crippen LogP contribution in [0.4, 0.5) is 17.1 Å². The number of anilines is 3. The summed E-state index contributed by atoms with van der Waals surface area (Å²) in [5.41, 5.74) is 3.81. The summed E-state index contributed by atoms with van der Waals surface area (Å²) >= 11 is 0. The number of carbonyl (C=O) groups is 6. The molecule has 0 bridgehead atoms. The Morgan fingerprint density at radius 3 is 0.725 bits per heavy atom. The van der Waals surface area contributed by atoms with Gasteiger partial charge in [0.15, 0.2) is 0 Å². The lowest BCUT2D eigenvalue weighted by Crippen LogP contribution is -2.29. The summed E-state index contributed by atoms with van der Waals surface area (Å²) < 4.78 is 0.